The van der Waals surface area contributed by atoms with E-state index in [2.05, 4.69) is 15.5 Å². The second-order valence-electron chi connectivity index (χ2n) is 7.01. The summed E-state index contributed by atoms with van der Waals surface area (Å²) in [5, 5.41) is 15.0. The molecule has 1 atom stereocenters. The van der Waals surface area contributed by atoms with Crippen molar-refractivity contribution in [3.63, 3.8) is 0 Å². The standard InChI is InChI=1S/C18H22N4O3S/c1-10-7-8-14(26-10)12-9-13(21-20-12)15-16(23)19-18(25)22(17(15)24)11-5-3-2-4-6-11/h7-8,11-12,20,24H,2-6,9H2,1H3,(H,19,23,25). The number of nitrogens with zero attached hydrogens (tertiary/aromatic N) is 2. The predicted octanol–water partition coefficient (Wildman–Crippen LogP) is 2.56. The van der Waals surface area contributed by atoms with E-state index in [1.165, 1.54) is 9.44 Å². The average molecular weight is 374 g/mol. The number of aromatic amines is 1. The Labute approximate surface area is 154 Å². The van der Waals surface area contributed by atoms with Gasteiger partial charge in [-0.2, -0.15) is 5.10 Å². The third-order valence-corrected chi connectivity index (χ3v) is 6.32. The van der Waals surface area contributed by atoms with Gasteiger partial charge in [0.2, 0.25) is 5.88 Å². The molecule has 2 aliphatic rings. The molecule has 1 aliphatic carbocycles. The lowest BCUT2D eigenvalue weighted by Crippen LogP contribution is -2.36. The van der Waals surface area contributed by atoms with Gasteiger partial charge in [-0.1, -0.05) is 19.3 Å². The first-order valence-corrected chi connectivity index (χ1v) is 9.83. The van der Waals surface area contributed by atoms with Crippen LogP contribution in [0.2, 0.25) is 0 Å². The van der Waals surface area contributed by atoms with Crippen LogP contribution in [0.25, 0.3) is 0 Å². The molecule has 0 saturated heterocycles. The van der Waals surface area contributed by atoms with Gasteiger partial charge in [-0.25, -0.2) is 4.79 Å². The monoisotopic (exact) mass is 374 g/mol. The van der Waals surface area contributed by atoms with Gasteiger partial charge in [-0.15, -0.1) is 11.3 Å². The number of hydrazone groups is 1. The van der Waals surface area contributed by atoms with E-state index in [1.807, 2.05) is 19.1 Å². The SMILES string of the molecule is Cc1ccc(C2CC(c3c(O)n(C4CCCCC4)c(=O)[nH]c3=O)=NN2)s1. The molecule has 2 aromatic rings. The molecule has 4 rings (SSSR count). The third-order valence-electron chi connectivity index (χ3n) is 5.20. The van der Waals surface area contributed by atoms with E-state index in [4.69, 9.17) is 0 Å². The van der Waals surface area contributed by atoms with E-state index >= 15 is 0 Å². The molecular weight excluding hydrogens is 352 g/mol. The first-order valence-electron chi connectivity index (χ1n) is 9.01. The van der Waals surface area contributed by atoms with Crippen LogP contribution < -0.4 is 16.7 Å². The Morgan fingerprint density at radius 3 is 2.69 bits per heavy atom. The zero-order chi connectivity index (χ0) is 18.3. The molecule has 138 valence electrons. The normalized spacial score (nSPS) is 20.8. The van der Waals surface area contributed by atoms with Crippen molar-refractivity contribution >= 4 is 17.0 Å². The number of aromatic hydroxyl groups is 1. The van der Waals surface area contributed by atoms with Crippen molar-refractivity contribution in [2.24, 2.45) is 5.10 Å². The maximum Gasteiger partial charge on any atom is 0.331 e. The quantitative estimate of drug-likeness (QED) is 0.769. The largest absolute Gasteiger partial charge is 0.494 e. The molecule has 1 fully saturated rings. The molecule has 3 N–H and O–H groups in total. The Kier molecular flexibility index (Phi) is 4.44. The number of rotatable bonds is 3. The van der Waals surface area contributed by atoms with Crippen LogP contribution in [-0.2, 0) is 0 Å². The number of aryl methyl sites for hydroxylation is 1. The summed E-state index contributed by atoms with van der Waals surface area (Å²) >= 11 is 1.68. The van der Waals surface area contributed by atoms with E-state index in [0.717, 1.165) is 37.0 Å². The van der Waals surface area contributed by atoms with Crippen molar-refractivity contribution in [2.45, 2.75) is 57.5 Å². The van der Waals surface area contributed by atoms with Crippen molar-refractivity contribution < 1.29 is 5.11 Å². The molecule has 26 heavy (non-hydrogen) atoms. The molecule has 8 heteroatoms. The van der Waals surface area contributed by atoms with Crippen LogP contribution in [0.15, 0.2) is 26.8 Å². The first kappa shape index (κ1) is 17.1. The highest BCUT2D eigenvalue weighted by atomic mass is 32.1. The highest BCUT2D eigenvalue weighted by molar-refractivity contribution is 7.12. The van der Waals surface area contributed by atoms with Gasteiger partial charge in [-0.05, 0) is 31.9 Å². The minimum Gasteiger partial charge on any atom is -0.494 e. The number of hydrogen-bond donors (Lipinski definition) is 3. The van der Waals surface area contributed by atoms with Gasteiger partial charge < -0.3 is 10.5 Å². The van der Waals surface area contributed by atoms with Crippen LogP contribution in [0.1, 0.15) is 65.9 Å². The summed E-state index contributed by atoms with van der Waals surface area (Å²) in [6.07, 6.45) is 5.35. The third kappa shape index (κ3) is 2.98. The fourth-order valence-corrected chi connectivity index (χ4v) is 4.80. The Morgan fingerprint density at radius 2 is 2.00 bits per heavy atom. The van der Waals surface area contributed by atoms with Gasteiger partial charge in [0.25, 0.3) is 5.56 Å². The summed E-state index contributed by atoms with van der Waals surface area (Å²) in [4.78, 5) is 29.4. The molecule has 1 aliphatic heterocycles. The number of nitrogens with one attached hydrogen (secondary N) is 2. The lowest BCUT2D eigenvalue weighted by Gasteiger charge is -2.25. The van der Waals surface area contributed by atoms with Crippen molar-refractivity contribution in [1.82, 2.24) is 15.0 Å². The number of hydrogen-bond acceptors (Lipinski definition) is 6. The maximum atomic E-state index is 12.4. The smallest absolute Gasteiger partial charge is 0.331 e. The predicted molar refractivity (Wildman–Crippen MR) is 101 cm³/mol. The van der Waals surface area contributed by atoms with Crippen molar-refractivity contribution in [3.8, 4) is 5.88 Å². The van der Waals surface area contributed by atoms with E-state index in [-0.39, 0.29) is 23.5 Å². The van der Waals surface area contributed by atoms with E-state index < -0.39 is 11.2 Å². The topological polar surface area (TPSA) is 99.5 Å². The zero-order valence-corrected chi connectivity index (χ0v) is 15.4. The summed E-state index contributed by atoms with van der Waals surface area (Å²) in [6, 6.07) is 4.01. The summed E-state index contributed by atoms with van der Waals surface area (Å²) in [5.41, 5.74) is 2.53. The fourth-order valence-electron chi connectivity index (χ4n) is 3.88. The lowest BCUT2D eigenvalue weighted by molar-refractivity contribution is 0.298. The molecule has 7 nitrogen and oxygen atoms in total. The molecule has 0 spiro atoms. The molecular formula is C18H22N4O3S. The summed E-state index contributed by atoms with van der Waals surface area (Å²) in [5.74, 6) is -0.255. The number of aromatic nitrogens is 2. The highest BCUT2D eigenvalue weighted by Crippen LogP contribution is 2.33. The van der Waals surface area contributed by atoms with Gasteiger partial charge in [0.05, 0.1) is 11.8 Å². The molecule has 1 unspecified atom stereocenters. The Hall–Kier alpha value is -2.35. The molecule has 3 heterocycles. The summed E-state index contributed by atoms with van der Waals surface area (Å²) in [7, 11) is 0. The summed E-state index contributed by atoms with van der Waals surface area (Å²) < 4.78 is 1.35. The Morgan fingerprint density at radius 1 is 1.23 bits per heavy atom. The first-order chi connectivity index (χ1) is 12.5. The molecule has 1 saturated carbocycles. The number of thiophene rings is 1. The average Bonchev–Trinajstić information content (AvgIpc) is 3.24. The number of H-pyrrole nitrogens is 1. The maximum absolute atomic E-state index is 12.4. The second-order valence-corrected chi connectivity index (χ2v) is 8.33. The Balaban J connectivity index is 1.68. The van der Waals surface area contributed by atoms with Crippen molar-refractivity contribution in [3.05, 3.63) is 48.3 Å². The van der Waals surface area contributed by atoms with Crippen LogP contribution in [0.3, 0.4) is 0 Å². The van der Waals surface area contributed by atoms with E-state index in [9.17, 15) is 14.7 Å². The molecule has 0 amide bonds. The molecule has 0 radical (unpaired) electrons. The minimum atomic E-state index is -0.580. The van der Waals surface area contributed by atoms with Crippen LogP contribution in [0.5, 0.6) is 5.88 Å². The van der Waals surface area contributed by atoms with Crippen molar-refractivity contribution in [2.75, 3.05) is 0 Å². The van der Waals surface area contributed by atoms with Crippen molar-refractivity contribution in [1.29, 1.82) is 0 Å². The zero-order valence-electron chi connectivity index (χ0n) is 14.6. The van der Waals surface area contributed by atoms with Gasteiger partial charge >= 0.3 is 5.69 Å². The second kappa shape index (κ2) is 6.75. The molecule has 0 aromatic carbocycles. The van der Waals surface area contributed by atoms with Gasteiger partial charge in [0, 0.05) is 22.2 Å². The van der Waals surface area contributed by atoms with E-state index in [0.29, 0.717) is 12.1 Å². The lowest BCUT2D eigenvalue weighted by atomic mass is 9.95. The van der Waals surface area contributed by atoms with Gasteiger partial charge in [-0.3, -0.25) is 14.3 Å². The van der Waals surface area contributed by atoms with Gasteiger partial charge in [0.1, 0.15) is 5.56 Å². The highest BCUT2D eigenvalue weighted by Gasteiger charge is 2.29. The van der Waals surface area contributed by atoms with Crippen LogP contribution in [0.4, 0.5) is 0 Å². The minimum absolute atomic E-state index is 0.0161. The van der Waals surface area contributed by atoms with Crippen LogP contribution in [-0.4, -0.2) is 20.4 Å². The molecule has 0 bridgehead atoms. The van der Waals surface area contributed by atoms with Gasteiger partial charge in [0.15, 0.2) is 0 Å². The van der Waals surface area contributed by atoms with Crippen LogP contribution >= 0.6 is 11.3 Å². The van der Waals surface area contributed by atoms with Crippen LogP contribution in [0, 0.1) is 6.92 Å². The Bertz CT molecular complexity index is 966. The van der Waals surface area contributed by atoms with E-state index in [1.54, 1.807) is 11.3 Å². The molecule has 2 aromatic heterocycles. The fraction of sp³-hybridized carbons (Fsp3) is 0.500. The summed E-state index contributed by atoms with van der Waals surface area (Å²) in [6.45, 7) is 2.04.